The van der Waals surface area contributed by atoms with E-state index in [0.717, 1.165) is 25.0 Å². The van der Waals surface area contributed by atoms with E-state index in [0.29, 0.717) is 24.4 Å². The molecule has 0 atom stereocenters. The summed E-state index contributed by atoms with van der Waals surface area (Å²) in [4.78, 5) is 11.8. The van der Waals surface area contributed by atoms with E-state index in [-0.39, 0.29) is 5.91 Å². The van der Waals surface area contributed by atoms with Crippen LogP contribution in [0.3, 0.4) is 0 Å². The molecule has 0 spiro atoms. The van der Waals surface area contributed by atoms with Crippen LogP contribution in [0.25, 0.3) is 0 Å². The lowest BCUT2D eigenvalue weighted by atomic mass is 10.1. The number of ether oxygens (including phenoxy) is 1. The number of benzene rings is 1. The molecule has 0 radical (unpaired) electrons. The fourth-order valence-corrected chi connectivity index (χ4v) is 1.47. The summed E-state index contributed by atoms with van der Waals surface area (Å²) >= 11 is 0. The van der Waals surface area contributed by atoms with Crippen molar-refractivity contribution in [2.24, 2.45) is 0 Å². The quantitative estimate of drug-likeness (QED) is 0.575. The highest BCUT2D eigenvalue weighted by Gasteiger charge is 2.05. The van der Waals surface area contributed by atoms with Crippen LogP contribution in [0.1, 0.15) is 35.7 Å². The Hall–Kier alpha value is -1.55. The first-order valence-electron chi connectivity index (χ1n) is 6.37. The van der Waals surface area contributed by atoms with Gasteiger partial charge in [0.2, 0.25) is 0 Å². The number of anilines is 1. The van der Waals surface area contributed by atoms with Crippen LogP contribution in [0.15, 0.2) is 18.2 Å². The lowest BCUT2D eigenvalue weighted by Gasteiger charge is -2.07. The van der Waals surface area contributed by atoms with Gasteiger partial charge < -0.3 is 15.8 Å². The Morgan fingerprint density at radius 1 is 1.39 bits per heavy atom. The van der Waals surface area contributed by atoms with Crippen molar-refractivity contribution in [3.8, 4) is 0 Å². The molecule has 0 heterocycles. The molecule has 1 amide bonds. The third kappa shape index (κ3) is 4.75. The van der Waals surface area contributed by atoms with E-state index in [1.54, 1.807) is 12.1 Å². The SMILES string of the molecule is CCCCOCCNC(=O)c1ccc(C)c(N)c1. The first-order chi connectivity index (χ1) is 8.65. The van der Waals surface area contributed by atoms with Gasteiger partial charge in [-0.3, -0.25) is 4.79 Å². The number of amides is 1. The second-order valence-corrected chi connectivity index (χ2v) is 4.29. The lowest BCUT2D eigenvalue weighted by Crippen LogP contribution is -2.27. The summed E-state index contributed by atoms with van der Waals surface area (Å²) in [6.07, 6.45) is 2.18. The van der Waals surface area contributed by atoms with Crippen molar-refractivity contribution in [1.82, 2.24) is 5.32 Å². The zero-order chi connectivity index (χ0) is 13.4. The van der Waals surface area contributed by atoms with Crippen molar-refractivity contribution in [2.45, 2.75) is 26.7 Å². The number of carbonyl (C=O) groups is 1. The average Bonchev–Trinajstić information content (AvgIpc) is 2.36. The second-order valence-electron chi connectivity index (χ2n) is 4.29. The third-order valence-electron chi connectivity index (χ3n) is 2.72. The fraction of sp³-hybridized carbons (Fsp3) is 0.500. The van der Waals surface area contributed by atoms with Gasteiger partial charge in [-0.15, -0.1) is 0 Å². The van der Waals surface area contributed by atoms with E-state index in [4.69, 9.17) is 10.5 Å². The van der Waals surface area contributed by atoms with Crippen LogP contribution < -0.4 is 11.1 Å². The predicted molar refractivity (Wildman–Crippen MR) is 73.7 cm³/mol. The van der Waals surface area contributed by atoms with Gasteiger partial charge in [-0.05, 0) is 31.0 Å². The molecule has 0 aromatic heterocycles. The van der Waals surface area contributed by atoms with Gasteiger partial charge in [-0.1, -0.05) is 19.4 Å². The minimum Gasteiger partial charge on any atom is -0.398 e. The van der Waals surface area contributed by atoms with Gasteiger partial charge in [0, 0.05) is 24.4 Å². The Morgan fingerprint density at radius 3 is 2.83 bits per heavy atom. The van der Waals surface area contributed by atoms with Crippen molar-refractivity contribution < 1.29 is 9.53 Å². The Kier molecular flexibility index (Phi) is 6.22. The van der Waals surface area contributed by atoms with Crippen molar-refractivity contribution in [3.63, 3.8) is 0 Å². The number of nitrogen functional groups attached to an aromatic ring is 1. The molecule has 4 nitrogen and oxygen atoms in total. The fourth-order valence-electron chi connectivity index (χ4n) is 1.47. The highest BCUT2D eigenvalue weighted by molar-refractivity contribution is 5.95. The van der Waals surface area contributed by atoms with E-state index in [1.165, 1.54) is 0 Å². The zero-order valence-corrected chi connectivity index (χ0v) is 11.2. The molecule has 0 bridgehead atoms. The van der Waals surface area contributed by atoms with Gasteiger partial charge in [0.25, 0.3) is 5.91 Å². The summed E-state index contributed by atoms with van der Waals surface area (Å²) in [6.45, 7) is 5.86. The standard InChI is InChI=1S/C14H22N2O2/c1-3-4-8-18-9-7-16-14(17)12-6-5-11(2)13(15)10-12/h5-6,10H,3-4,7-9,15H2,1-2H3,(H,16,17). The summed E-state index contributed by atoms with van der Waals surface area (Å²) in [5, 5.41) is 2.80. The molecule has 0 fully saturated rings. The summed E-state index contributed by atoms with van der Waals surface area (Å²) in [6, 6.07) is 5.32. The summed E-state index contributed by atoms with van der Waals surface area (Å²) in [5.41, 5.74) is 7.97. The van der Waals surface area contributed by atoms with E-state index in [2.05, 4.69) is 12.2 Å². The van der Waals surface area contributed by atoms with Crippen LogP contribution in [0, 0.1) is 6.92 Å². The van der Waals surface area contributed by atoms with E-state index in [9.17, 15) is 4.79 Å². The number of nitrogens with two attached hydrogens (primary N) is 1. The van der Waals surface area contributed by atoms with Crippen molar-refractivity contribution >= 4 is 11.6 Å². The first-order valence-corrected chi connectivity index (χ1v) is 6.37. The maximum Gasteiger partial charge on any atom is 0.251 e. The van der Waals surface area contributed by atoms with Crippen LogP contribution in [-0.4, -0.2) is 25.7 Å². The van der Waals surface area contributed by atoms with Gasteiger partial charge >= 0.3 is 0 Å². The Morgan fingerprint density at radius 2 is 2.17 bits per heavy atom. The van der Waals surface area contributed by atoms with Crippen LogP contribution in [0.2, 0.25) is 0 Å². The highest BCUT2D eigenvalue weighted by atomic mass is 16.5. The Bertz CT molecular complexity index is 391. The van der Waals surface area contributed by atoms with Gasteiger partial charge in [0.05, 0.1) is 6.61 Å². The van der Waals surface area contributed by atoms with E-state index >= 15 is 0 Å². The zero-order valence-electron chi connectivity index (χ0n) is 11.2. The van der Waals surface area contributed by atoms with Crippen molar-refractivity contribution in [3.05, 3.63) is 29.3 Å². The number of nitrogens with one attached hydrogen (secondary N) is 1. The van der Waals surface area contributed by atoms with Crippen molar-refractivity contribution in [1.29, 1.82) is 0 Å². The lowest BCUT2D eigenvalue weighted by molar-refractivity contribution is 0.0913. The van der Waals surface area contributed by atoms with Crippen molar-refractivity contribution in [2.75, 3.05) is 25.5 Å². The monoisotopic (exact) mass is 250 g/mol. The third-order valence-corrected chi connectivity index (χ3v) is 2.72. The van der Waals surface area contributed by atoms with Crippen LogP contribution >= 0.6 is 0 Å². The average molecular weight is 250 g/mol. The number of hydrogen-bond acceptors (Lipinski definition) is 3. The molecule has 0 aliphatic rings. The molecule has 0 aliphatic heterocycles. The van der Waals surface area contributed by atoms with E-state index in [1.807, 2.05) is 13.0 Å². The molecule has 0 saturated heterocycles. The molecule has 4 heteroatoms. The van der Waals surface area contributed by atoms with Crippen LogP contribution in [-0.2, 0) is 4.74 Å². The topological polar surface area (TPSA) is 64.3 Å². The minimum atomic E-state index is -0.110. The number of rotatable bonds is 7. The maximum atomic E-state index is 11.8. The smallest absolute Gasteiger partial charge is 0.251 e. The summed E-state index contributed by atoms with van der Waals surface area (Å²) in [5.74, 6) is -0.110. The van der Waals surface area contributed by atoms with E-state index < -0.39 is 0 Å². The molecule has 0 unspecified atom stereocenters. The number of aryl methyl sites for hydroxylation is 1. The number of carbonyl (C=O) groups excluding carboxylic acids is 1. The van der Waals surface area contributed by atoms with Gasteiger partial charge in [0.1, 0.15) is 0 Å². The molecule has 100 valence electrons. The normalized spacial score (nSPS) is 10.3. The Labute approximate surface area is 109 Å². The molecule has 3 N–H and O–H groups in total. The molecule has 1 rings (SSSR count). The Balaban J connectivity index is 2.30. The first kappa shape index (κ1) is 14.5. The minimum absolute atomic E-state index is 0.110. The molecule has 0 saturated carbocycles. The van der Waals surface area contributed by atoms with Gasteiger partial charge in [-0.25, -0.2) is 0 Å². The number of unbranched alkanes of at least 4 members (excludes halogenated alkanes) is 1. The second kappa shape index (κ2) is 7.71. The molecular weight excluding hydrogens is 228 g/mol. The predicted octanol–water partition coefficient (Wildman–Crippen LogP) is 2.12. The highest BCUT2D eigenvalue weighted by Crippen LogP contribution is 2.12. The summed E-state index contributed by atoms with van der Waals surface area (Å²) in [7, 11) is 0. The molecular formula is C14H22N2O2. The van der Waals surface area contributed by atoms with Gasteiger partial charge in [0.15, 0.2) is 0 Å². The molecule has 1 aromatic carbocycles. The molecule has 1 aromatic rings. The van der Waals surface area contributed by atoms with Crippen LogP contribution in [0.5, 0.6) is 0 Å². The number of hydrogen-bond donors (Lipinski definition) is 2. The van der Waals surface area contributed by atoms with Crippen LogP contribution in [0.4, 0.5) is 5.69 Å². The molecule has 18 heavy (non-hydrogen) atoms. The van der Waals surface area contributed by atoms with Gasteiger partial charge in [-0.2, -0.15) is 0 Å². The summed E-state index contributed by atoms with van der Waals surface area (Å²) < 4.78 is 5.36. The largest absolute Gasteiger partial charge is 0.398 e. The maximum absolute atomic E-state index is 11.8. The molecule has 0 aliphatic carbocycles.